The van der Waals surface area contributed by atoms with Crippen LogP contribution in [0.4, 0.5) is 10.5 Å². The lowest BCUT2D eigenvalue weighted by molar-refractivity contribution is 0.102. The van der Waals surface area contributed by atoms with E-state index in [0.29, 0.717) is 39.3 Å². The molecular formula is C24H23ClN2O4S. The Labute approximate surface area is 196 Å². The van der Waals surface area contributed by atoms with Gasteiger partial charge in [-0.1, -0.05) is 35.9 Å². The van der Waals surface area contributed by atoms with Gasteiger partial charge in [-0.2, -0.15) is 0 Å². The lowest BCUT2D eigenvalue weighted by Gasteiger charge is -2.14. The predicted molar refractivity (Wildman–Crippen MR) is 128 cm³/mol. The van der Waals surface area contributed by atoms with Crippen LogP contribution in [0.25, 0.3) is 0 Å². The van der Waals surface area contributed by atoms with Crippen molar-refractivity contribution in [2.24, 2.45) is 0 Å². The van der Waals surface area contributed by atoms with Crippen LogP contribution in [0.3, 0.4) is 0 Å². The number of ether oxygens (including phenoxy) is 2. The minimum atomic E-state index is -0.321. The minimum Gasteiger partial charge on any atom is -0.493 e. The van der Waals surface area contributed by atoms with Crippen LogP contribution in [0.2, 0.25) is 5.02 Å². The third kappa shape index (κ3) is 6.18. The average Bonchev–Trinajstić information content (AvgIpc) is 2.79. The zero-order valence-electron chi connectivity index (χ0n) is 17.9. The van der Waals surface area contributed by atoms with E-state index in [1.54, 1.807) is 62.6 Å². The number of rotatable bonds is 7. The highest BCUT2D eigenvalue weighted by atomic mass is 35.5. The normalized spacial score (nSPS) is 10.4. The SMILES string of the molecule is COc1cc(C(=O)Nc2ccccc2SC(=O)N(C)C)ccc1OCc1ccc(Cl)cc1. The third-order valence-electron chi connectivity index (χ3n) is 4.43. The topological polar surface area (TPSA) is 67.9 Å². The summed E-state index contributed by atoms with van der Waals surface area (Å²) in [5, 5.41) is 3.40. The van der Waals surface area contributed by atoms with Gasteiger partial charge in [0.15, 0.2) is 11.5 Å². The van der Waals surface area contributed by atoms with Crippen LogP contribution < -0.4 is 14.8 Å². The van der Waals surface area contributed by atoms with Gasteiger partial charge in [-0.15, -0.1) is 0 Å². The van der Waals surface area contributed by atoms with Gasteiger partial charge in [0.25, 0.3) is 11.1 Å². The Morgan fingerprint density at radius 1 is 1.00 bits per heavy atom. The molecule has 3 rings (SSSR count). The van der Waals surface area contributed by atoms with Crippen molar-refractivity contribution in [3.63, 3.8) is 0 Å². The second-order valence-corrected chi connectivity index (χ2v) is 8.42. The van der Waals surface area contributed by atoms with Crippen molar-refractivity contribution in [2.45, 2.75) is 11.5 Å². The van der Waals surface area contributed by atoms with Crippen LogP contribution >= 0.6 is 23.4 Å². The van der Waals surface area contributed by atoms with Crippen LogP contribution in [0.5, 0.6) is 11.5 Å². The summed E-state index contributed by atoms with van der Waals surface area (Å²) >= 11 is 6.96. The first-order valence-electron chi connectivity index (χ1n) is 9.72. The van der Waals surface area contributed by atoms with Gasteiger partial charge in [-0.3, -0.25) is 9.59 Å². The zero-order valence-corrected chi connectivity index (χ0v) is 19.5. The Kier molecular flexibility index (Phi) is 8.03. The molecule has 0 spiro atoms. The number of halogens is 1. The highest BCUT2D eigenvalue weighted by Gasteiger charge is 2.15. The Hall–Kier alpha value is -3.16. The molecular weight excluding hydrogens is 448 g/mol. The van der Waals surface area contributed by atoms with Crippen molar-refractivity contribution in [3.05, 3.63) is 82.9 Å². The summed E-state index contributed by atoms with van der Waals surface area (Å²) in [6, 6.07) is 19.5. The molecule has 166 valence electrons. The zero-order chi connectivity index (χ0) is 23.1. The second kappa shape index (κ2) is 10.9. The van der Waals surface area contributed by atoms with E-state index in [9.17, 15) is 9.59 Å². The fourth-order valence-electron chi connectivity index (χ4n) is 2.71. The molecule has 0 saturated heterocycles. The predicted octanol–water partition coefficient (Wildman–Crippen LogP) is 5.95. The molecule has 0 aliphatic heterocycles. The lowest BCUT2D eigenvalue weighted by atomic mass is 10.1. The lowest BCUT2D eigenvalue weighted by Crippen LogP contribution is -2.17. The maximum atomic E-state index is 12.9. The molecule has 0 aromatic heterocycles. The van der Waals surface area contributed by atoms with Crippen molar-refractivity contribution in [2.75, 3.05) is 26.5 Å². The van der Waals surface area contributed by atoms with E-state index < -0.39 is 0 Å². The first-order chi connectivity index (χ1) is 15.4. The van der Waals surface area contributed by atoms with E-state index in [0.717, 1.165) is 17.3 Å². The van der Waals surface area contributed by atoms with E-state index in [1.807, 2.05) is 18.2 Å². The molecule has 0 bridgehead atoms. The minimum absolute atomic E-state index is 0.129. The largest absolute Gasteiger partial charge is 0.493 e. The van der Waals surface area contributed by atoms with E-state index in [2.05, 4.69) is 5.32 Å². The van der Waals surface area contributed by atoms with Gasteiger partial charge in [0, 0.05) is 29.6 Å². The summed E-state index contributed by atoms with van der Waals surface area (Å²) < 4.78 is 11.3. The number of benzene rings is 3. The second-order valence-electron chi connectivity index (χ2n) is 6.99. The Morgan fingerprint density at radius 2 is 1.72 bits per heavy atom. The van der Waals surface area contributed by atoms with Gasteiger partial charge >= 0.3 is 0 Å². The standard InChI is InChI=1S/C24H23ClN2O4S/c1-27(2)24(29)32-22-7-5-4-6-19(22)26-23(28)17-10-13-20(21(14-17)30-3)31-15-16-8-11-18(25)12-9-16/h4-14H,15H2,1-3H3,(H,26,28). The van der Waals surface area contributed by atoms with E-state index >= 15 is 0 Å². The van der Waals surface area contributed by atoms with Crippen LogP contribution in [0.15, 0.2) is 71.6 Å². The number of anilines is 1. The monoisotopic (exact) mass is 470 g/mol. The van der Waals surface area contributed by atoms with E-state index in [4.69, 9.17) is 21.1 Å². The Balaban J connectivity index is 1.72. The summed E-state index contributed by atoms with van der Waals surface area (Å²) in [6.45, 7) is 0.337. The number of carbonyl (C=O) groups excluding carboxylic acids is 2. The highest BCUT2D eigenvalue weighted by Crippen LogP contribution is 2.31. The maximum Gasteiger partial charge on any atom is 0.286 e. The van der Waals surface area contributed by atoms with Gasteiger partial charge in [0.2, 0.25) is 0 Å². The fourth-order valence-corrected chi connectivity index (χ4v) is 3.58. The molecule has 0 radical (unpaired) electrons. The molecule has 2 amide bonds. The number of nitrogens with zero attached hydrogens (tertiary/aromatic N) is 1. The number of amides is 2. The molecule has 0 aliphatic carbocycles. The summed E-state index contributed by atoms with van der Waals surface area (Å²) in [4.78, 5) is 27.1. The number of hydrogen-bond acceptors (Lipinski definition) is 5. The molecule has 0 heterocycles. The molecule has 0 fully saturated rings. The molecule has 0 unspecified atom stereocenters. The number of nitrogens with one attached hydrogen (secondary N) is 1. The molecule has 3 aromatic carbocycles. The van der Waals surface area contributed by atoms with Crippen molar-refractivity contribution in [1.29, 1.82) is 0 Å². The molecule has 6 nitrogen and oxygen atoms in total. The number of carbonyl (C=O) groups is 2. The van der Waals surface area contributed by atoms with Crippen molar-refractivity contribution in [3.8, 4) is 11.5 Å². The smallest absolute Gasteiger partial charge is 0.286 e. The third-order valence-corrected chi connectivity index (χ3v) is 5.80. The van der Waals surface area contributed by atoms with Gasteiger partial charge < -0.3 is 19.7 Å². The molecule has 3 aromatic rings. The Morgan fingerprint density at radius 3 is 2.41 bits per heavy atom. The highest BCUT2D eigenvalue weighted by molar-refractivity contribution is 8.13. The molecule has 0 atom stereocenters. The molecule has 0 saturated carbocycles. The Bertz CT molecular complexity index is 1100. The summed E-state index contributed by atoms with van der Waals surface area (Å²) in [7, 11) is 4.88. The first-order valence-corrected chi connectivity index (χ1v) is 10.9. The number of thioether (sulfide) groups is 1. The van der Waals surface area contributed by atoms with E-state index in [1.165, 1.54) is 12.0 Å². The molecule has 0 aliphatic rings. The van der Waals surface area contributed by atoms with E-state index in [-0.39, 0.29) is 11.1 Å². The first kappa shape index (κ1) is 23.5. The van der Waals surface area contributed by atoms with Crippen LogP contribution in [-0.4, -0.2) is 37.3 Å². The molecule has 32 heavy (non-hydrogen) atoms. The van der Waals surface area contributed by atoms with Crippen LogP contribution in [0.1, 0.15) is 15.9 Å². The molecule has 8 heteroatoms. The van der Waals surface area contributed by atoms with Crippen molar-refractivity contribution in [1.82, 2.24) is 4.90 Å². The number of para-hydroxylation sites is 1. The average molecular weight is 471 g/mol. The maximum absolute atomic E-state index is 12.9. The summed E-state index contributed by atoms with van der Waals surface area (Å²) in [6.07, 6.45) is 0. The van der Waals surface area contributed by atoms with Crippen LogP contribution in [-0.2, 0) is 6.61 Å². The summed E-state index contributed by atoms with van der Waals surface area (Å²) in [5.74, 6) is 0.640. The fraction of sp³-hybridized carbons (Fsp3) is 0.167. The van der Waals surface area contributed by atoms with Gasteiger partial charge in [-0.25, -0.2) is 0 Å². The van der Waals surface area contributed by atoms with Gasteiger partial charge in [-0.05, 0) is 59.8 Å². The number of hydrogen-bond donors (Lipinski definition) is 1. The number of methoxy groups -OCH3 is 1. The summed E-state index contributed by atoms with van der Waals surface area (Å²) in [5.41, 5.74) is 1.92. The van der Waals surface area contributed by atoms with Crippen molar-refractivity contribution >= 4 is 40.2 Å². The van der Waals surface area contributed by atoms with Crippen molar-refractivity contribution < 1.29 is 19.1 Å². The van der Waals surface area contributed by atoms with Gasteiger partial charge in [0.05, 0.1) is 12.8 Å². The molecule has 1 N–H and O–H groups in total. The van der Waals surface area contributed by atoms with Gasteiger partial charge in [0.1, 0.15) is 6.61 Å². The van der Waals surface area contributed by atoms with Crippen LogP contribution in [0, 0.1) is 0 Å². The quantitative estimate of drug-likeness (QED) is 0.432.